The molecule has 1 aliphatic heterocycles. The Balaban J connectivity index is 1.52. The molecule has 1 aliphatic rings. The smallest absolute Gasteiger partial charge is 0.260 e. The molecule has 150 valence electrons. The van der Waals surface area contributed by atoms with Gasteiger partial charge in [-0.15, -0.1) is 0 Å². The van der Waals surface area contributed by atoms with Crippen molar-refractivity contribution < 1.29 is 14.6 Å². The van der Waals surface area contributed by atoms with E-state index in [0.29, 0.717) is 13.1 Å². The summed E-state index contributed by atoms with van der Waals surface area (Å²) in [6.07, 6.45) is 1.15. The summed E-state index contributed by atoms with van der Waals surface area (Å²) in [5.74, 6) is 0.975. The number of aliphatic hydroxyl groups is 1. The minimum Gasteiger partial charge on any atom is -0.483 e. The van der Waals surface area contributed by atoms with E-state index in [0.717, 1.165) is 29.7 Å². The van der Waals surface area contributed by atoms with Crippen molar-refractivity contribution in [3.8, 4) is 5.75 Å². The molecule has 4 nitrogen and oxygen atoms in total. The van der Waals surface area contributed by atoms with Gasteiger partial charge in [-0.05, 0) is 41.4 Å². The molecule has 1 amide bonds. The first-order chi connectivity index (χ1) is 13.4. The number of piperidine rings is 1. The fourth-order valence-electron chi connectivity index (χ4n) is 3.83. The standard InChI is InChI=1S/C24H31NO3/c1-24(2,3)20-11-7-8-12-21(20)28-17-22(26)25-15-13-19(14-16-25)23(27)18-9-5-4-6-10-18/h4-12,19,23,27H,13-17H2,1-3H3. The van der Waals surface area contributed by atoms with Crippen LogP contribution in [0.2, 0.25) is 0 Å². The van der Waals surface area contributed by atoms with Crippen LogP contribution in [0.4, 0.5) is 0 Å². The lowest BCUT2D eigenvalue weighted by atomic mass is 9.86. The summed E-state index contributed by atoms with van der Waals surface area (Å²) < 4.78 is 5.88. The van der Waals surface area contributed by atoms with Gasteiger partial charge in [-0.1, -0.05) is 69.3 Å². The highest BCUT2D eigenvalue weighted by Gasteiger charge is 2.28. The zero-order valence-electron chi connectivity index (χ0n) is 17.1. The zero-order valence-corrected chi connectivity index (χ0v) is 17.1. The van der Waals surface area contributed by atoms with Gasteiger partial charge >= 0.3 is 0 Å². The van der Waals surface area contributed by atoms with Crippen molar-refractivity contribution in [1.82, 2.24) is 4.90 Å². The molecule has 4 heteroatoms. The van der Waals surface area contributed by atoms with Crippen LogP contribution in [0.5, 0.6) is 5.75 Å². The molecule has 0 aromatic heterocycles. The molecule has 0 saturated carbocycles. The third kappa shape index (κ3) is 4.93. The van der Waals surface area contributed by atoms with Gasteiger partial charge in [0.2, 0.25) is 0 Å². The van der Waals surface area contributed by atoms with Crippen LogP contribution in [0.3, 0.4) is 0 Å². The van der Waals surface area contributed by atoms with E-state index in [1.165, 1.54) is 0 Å². The Morgan fingerprint density at radius 1 is 1.07 bits per heavy atom. The second-order valence-corrected chi connectivity index (χ2v) is 8.61. The van der Waals surface area contributed by atoms with E-state index < -0.39 is 6.10 Å². The SMILES string of the molecule is CC(C)(C)c1ccccc1OCC(=O)N1CCC(C(O)c2ccccc2)CC1. The Morgan fingerprint density at radius 2 is 1.68 bits per heavy atom. The summed E-state index contributed by atoms with van der Waals surface area (Å²) in [6, 6.07) is 17.7. The second-order valence-electron chi connectivity index (χ2n) is 8.61. The second kappa shape index (κ2) is 8.78. The zero-order chi connectivity index (χ0) is 20.1. The van der Waals surface area contributed by atoms with Gasteiger partial charge in [0.05, 0.1) is 6.10 Å². The van der Waals surface area contributed by atoms with Crippen LogP contribution in [0.1, 0.15) is 50.8 Å². The van der Waals surface area contributed by atoms with Crippen molar-refractivity contribution in [3.63, 3.8) is 0 Å². The van der Waals surface area contributed by atoms with Gasteiger partial charge in [-0.2, -0.15) is 0 Å². The van der Waals surface area contributed by atoms with Crippen LogP contribution >= 0.6 is 0 Å². The van der Waals surface area contributed by atoms with Crippen molar-refractivity contribution in [2.24, 2.45) is 5.92 Å². The molecule has 1 N–H and O–H groups in total. The van der Waals surface area contributed by atoms with E-state index in [1.807, 2.05) is 53.4 Å². The lowest BCUT2D eigenvalue weighted by molar-refractivity contribution is -0.135. The fourth-order valence-corrected chi connectivity index (χ4v) is 3.83. The van der Waals surface area contributed by atoms with E-state index in [-0.39, 0.29) is 23.8 Å². The van der Waals surface area contributed by atoms with E-state index in [4.69, 9.17) is 4.74 Å². The Morgan fingerprint density at radius 3 is 2.32 bits per heavy atom. The fraction of sp³-hybridized carbons (Fsp3) is 0.458. The molecule has 0 spiro atoms. The molecule has 1 heterocycles. The lowest BCUT2D eigenvalue weighted by Gasteiger charge is -2.34. The summed E-state index contributed by atoms with van der Waals surface area (Å²) in [4.78, 5) is 14.5. The predicted octanol–water partition coefficient (Wildman–Crippen LogP) is 4.34. The number of rotatable bonds is 5. The van der Waals surface area contributed by atoms with E-state index >= 15 is 0 Å². The van der Waals surface area contributed by atoms with Gasteiger partial charge in [0.1, 0.15) is 5.75 Å². The third-order valence-electron chi connectivity index (χ3n) is 5.53. The summed E-state index contributed by atoms with van der Waals surface area (Å²) in [6.45, 7) is 7.80. The Bertz CT molecular complexity index is 774. The first-order valence-corrected chi connectivity index (χ1v) is 10.1. The molecule has 1 saturated heterocycles. The molecule has 0 bridgehead atoms. The van der Waals surface area contributed by atoms with E-state index in [1.54, 1.807) is 0 Å². The monoisotopic (exact) mass is 381 g/mol. The maximum atomic E-state index is 12.6. The van der Waals surface area contributed by atoms with Gasteiger partial charge in [0, 0.05) is 13.1 Å². The minimum absolute atomic E-state index is 0.0105. The van der Waals surface area contributed by atoms with Gasteiger partial charge < -0.3 is 14.7 Å². The number of carbonyl (C=O) groups excluding carboxylic acids is 1. The van der Waals surface area contributed by atoms with Crippen LogP contribution in [-0.2, 0) is 10.2 Å². The summed E-state index contributed by atoms with van der Waals surface area (Å²) in [5.41, 5.74) is 2.02. The van der Waals surface area contributed by atoms with Gasteiger partial charge in [0.25, 0.3) is 5.91 Å². The molecule has 0 radical (unpaired) electrons. The Hall–Kier alpha value is -2.33. The van der Waals surface area contributed by atoms with Crippen molar-refractivity contribution >= 4 is 5.91 Å². The highest BCUT2D eigenvalue weighted by atomic mass is 16.5. The molecular formula is C24H31NO3. The van der Waals surface area contributed by atoms with Crippen molar-refractivity contribution in [2.45, 2.75) is 45.1 Å². The van der Waals surface area contributed by atoms with Crippen LogP contribution in [0, 0.1) is 5.92 Å². The molecule has 1 atom stereocenters. The molecule has 2 aromatic carbocycles. The third-order valence-corrected chi connectivity index (χ3v) is 5.53. The molecule has 28 heavy (non-hydrogen) atoms. The maximum Gasteiger partial charge on any atom is 0.260 e. The number of likely N-dealkylation sites (tertiary alicyclic amines) is 1. The number of aliphatic hydroxyl groups excluding tert-OH is 1. The van der Waals surface area contributed by atoms with Crippen LogP contribution in [0.25, 0.3) is 0 Å². The largest absolute Gasteiger partial charge is 0.483 e. The van der Waals surface area contributed by atoms with Gasteiger partial charge in [-0.3, -0.25) is 4.79 Å². The number of hydrogen-bond acceptors (Lipinski definition) is 3. The summed E-state index contributed by atoms with van der Waals surface area (Å²) >= 11 is 0. The number of nitrogens with zero attached hydrogens (tertiary/aromatic N) is 1. The van der Waals surface area contributed by atoms with Gasteiger partial charge in [-0.25, -0.2) is 0 Å². The summed E-state index contributed by atoms with van der Waals surface area (Å²) in [7, 11) is 0. The van der Waals surface area contributed by atoms with E-state index in [2.05, 4.69) is 26.8 Å². The van der Waals surface area contributed by atoms with Gasteiger partial charge in [0.15, 0.2) is 6.61 Å². The number of para-hydroxylation sites is 1. The first kappa shape index (κ1) is 20.4. The topological polar surface area (TPSA) is 49.8 Å². The van der Waals surface area contributed by atoms with Crippen molar-refractivity contribution in [3.05, 3.63) is 65.7 Å². The predicted molar refractivity (Wildman–Crippen MR) is 111 cm³/mol. The maximum absolute atomic E-state index is 12.6. The number of ether oxygens (including phenoxy) is 1. The van der Waals surface area contributed by atoms with Crippen LogP contribution < -0.4 is 4.74 Å². The lowest BCUT2D eigenvalue weighted by Crippen LogP contribution is -2.42. The number of hydrogen-bond donors (Lipinski definition) is 1. The van der Waals surface area contributed by atoms with Crippen LogP contribution in [-0.4, -0.2) is 35.6 Å². The summed E-state index contributed by atoms with van der Waals surface area (Å²) in [5, 5.41) is 10.6. The first-order valence-electron chi connectivity index (χ1n) is 10.1. The van der Waals surface area contributed by atoms with Crippen molar-refractivity contribution in [2.75, 3.05) is 19.7 Å². The van der Waals surface area contributed by atoms with Crippen LogP contribution in [0.15, 0.2) is 54.6 Å². The number of carbonyl (C=O) groups is 1. The molecule has 0 aliphatic carbocycles. The average molecular weight is 382 g/mol. The minimum atomic E-state index is -0.464. The Labute approximate surface area is 168 Å². The normalized spacial score (nSPS) is 16.6. The molecular weight excluding hydrogens is 350 g/mol. The molecule has 3 rings (SSSR count). The van der Waals surface area contributed by atoms with E-state index in [9.17, 15) is 9.90 Å². The number of amides is 1. The highest BCUT2D eigenvalue weighted by Crippen LogP contribution is 2.32. The Kier molecular flexibility index (Phi) is 6.40. The number of benzene rings is 2. The molecule has 1 unspecified atom stereocenters. The van der Waals surface area contributed by atoms with Crippen molar-refractivity contribution in [1.29, 1.82) is 0 Å². The quantitative estimate of drug-likeness (QED) is 0.838. The molecule has 2 aromatic rings. The highest BCUT2D eigenvalue weighted by molar-refractivity contribution is 5.78. The molecule has 1 fully saturated rings. The average Bonchev–Trinajstić information content (AvgIpc) is 2.72.